The summed E-state index contributed by atoms with van der Waals surface area (Å²) in [5.74, 6) is 6.64. The highest BCUT2D eigenvalue weighted by molar-refractivity contribution is 7.89. The molecule has 0 radical (unpaired) electrons. The van der Waals surface area contributed by atoms with Crippen molar-refractivity contribution >= 4 is 26.6 Å². The molecule has 150 valence electrons. The molecule has 5 nitrogen and oxygen atoms in total. The Morgan fingerprint density at radius 1 is 1.14 bits per heavy atom. The van der Waals surface area contributed by atoms with Crippen LogP contribution in [0.5, 0.6) is 0 Å². The SMILES string of the molecule is CC#CC1CCN(c2ccc(S(=O)(=O)N(C)C)cc2-c2cc3ccccc3[nH]2)C1. The van der Waals surface area contributed by atoms with Crippen molar-refractivity contribution in [2.45, 2.75) is 18.2 Å². The maximum Gasteiger partial charge on any atom is 0.242 e. The Morgan fingerprint density at radius 2 is 1.93 bits per heavy atom. The summed E-state index contributed by atoms with van der Waals surface area (Å²) < 4.78 is 26.7. The lowest BCUT2D eigenvalue weighted by atomic mass is 10.1. The number of hydrogen-bond donors (Lipinski definition) is 1. The van der Waals surface area contributed by atoms with Crippen LogP contribution in [-0.2, 0) is 10.0 Å². The van der Waals surface area contributed by atoms with E-state index in [0.29, 0.717) is 10.8 Å². The molecule has 1 saturated heterocycles. The van der Waals surface area contributed by atoms with Crippen molar-refractivity contribution in [3.8, 4) is 23.1 Å². The summed E-state index contributed by atoms with van der Waals surface area (Å²) in [6.45, 7) is 3.64. The van der Waals surface area contributed by atoms with E-state index in [1.54, 1.807) is 26.2 Å². The number of nitrogens with zero attached hydrogens (tertiary/aromatic N) is 2. The summed E-state index contributed by atoms with van der Waals surface area (Å²) in [5.41, 5.74) is 3.89. The van der Waals surface area contributed by atoms with Gasteiger partial charge in [-0.25, -0.2) is 12.7 Å². The predicted octanol–water partition coefficient (Wildman–Crippen LogP) is 3.93. The highest BCUT2D eigenvalue weighted by Crippen LogP contribution is 2.37. The molecule has 1 aliphatic rings. The third kappa shape index (κ3) is 3.64. The van der Waals surface area contributed by atoms with Crippen LogP contribution >= 0.6 is 0 Å². The quantitative estimate of drug-likeness (QED) is 0.667. The van der Waals surface area contributed by atoms with Crippen molar-refractivity contribution < 1.29 is 8.42 Å². The van der Waals surface area contributed by atoms with Crippen molar-refractivity contribution in [2.75, 3.05) is 32.1 Å². The van der Waals surface area contributed by atoms with Crippen LogP contribution in [0.25, 0.3) is 22.2 Å². The summed E-state index contributed by atoms with van der Waals surface area (Å²) >= 11 is 0. The number of rotatable bonds is 4. The van der Waals surface area contributed by atoms with E-state index < -0.39 is 10.0 Å². The highest BCUT2D eigenvalue weighted by atomic mass is 32.2. The Labute approximate surface area is 172 Å². The van der Waals surface area contributed by atoms with Gasteiger partial charge in [-0.2, -0.15) is 0 Å². The molecule has 0 amide bonds. The smallest absolute Gasteiger partial charge is 0.242 e. The normalized spacial score (nSPS) is 17.0. The molecule has 2 aromatic carbocycles. The van der Waals surface area contributed by atoms with Crippen molar-refractivity contribution in [3.63, 3.8) is 0 Å². The summed E-state index contributed by atoms with van der Waals surface area (Å²) in [6, 6.07) is 15.6. The van der Waals surface area contributed by atoms with E-state index >= 15 is 0 Å². The lowest BCUT2D eigenvalue weighted by molar-refractivity contribution is 0.521. The zero-order chi connectivity index (χ0) is 20.6. The maximum atomic E-state index is 12.7. The van der Waals surface area contributed by atoms with Gasteiger partial charge in [0.25, 0.3) is 0 Å². The molecule has 1 aliphatic heterocycles. The minimum absolute atomic E-state index is 0.295. The average Bonchev–Trinajstić information content (AvgIpc) is 3.34. The number of hydrogen-bond acceptors (Lipinski definition) is 3. The fraction of sp³-hybridized carbons (Fsp3) is 0.304. The number of para-hydroxylation sites is 1. The van der Waals surface area contributed by atoms with Crippen LogP contribution in [0.1, 0.15) is 13.3 Å². The van der Waals surface area contributed by atoms with Crippen LogP contribution in [0.2, 0.25) is 0 Å². The largest absolute Gasteiger partial charge is 0.370 e. The first-order valence-corrected chi connectivity index (χ1v) is 11.2. The number of anilines is 1. The molecule has 1 aromatic heterocycles. The summed E-state index contributed by atoms with van der Waals surface area (Å²) in [6.07, 6.45) is 1.02. The fourth-order valence-corrected chi connectivity index (χ4v) is 4.83. The van der Waals surface area contributed by atoms with Gasteiger partial charge < -0.3 is 9.88 Å². The Kier molecular flexibility index (Phi) is 5.12. The average molecular weight is 408 g/mol. The summed E-state index contributed by atoms with van der Waals surface area (Å²) in [4.78, 5) is 6.06. The van der Waals surface area contributed by atoms with Gasteiger partial charge in [-0.15, -0.1) is 5.92 Å². The second-order valence-electron chi connectivity index (χ2n) is 7.56. The first kappa shape index (κ1) is 19.6. The van der Waals surface area contributed by atoms with E-state index in [1.165, 1.54) is 4.31 Å². The third-order valence-corrected chi connectivity index (χ3v) is 7.26. The van der Waals surface area contributed by atoms with Crippen LogP contribution in [0.15, 0.2) is 53.4 Å². The number of fused-ring (bicyclic) bond motifs is 1. The first-order chi connectivity index (χ1) is 13.9. The standard InChI is InChI=1S/C23H25N3O2S/c1-4-7-17-12-13-26(16-17)23-11-10-19(29(27,28)25(2)3)15-20(23)22-14-18-8-5-6-9-21(18)24-22/h5-6,8-11,14-15,17,24H,12-13,16H2,1-3H3. The van der Waals surface area contributed by atoms with Gasteiger partial charge in [-0.3, -0.25) is 0 Å². The molecule has 0 spiro atoms. The summed E-state index contributed by atoms with van der Waals surface area (Å²) in [7, 11) is -0.407. The molecule has 0 aliphatic carbocycles. The number of nitrogens with one attached hydrogen (secondary N) is 1. The first-order valence-electron chi connectivity index (χ1n) is 9.72. The summed E-state index contributed by atoms with van der Waals surface area (Å²) in [5, 5.41) is 1.10. The van der Waals surface area contributed by atoms with E-state index in [9.17, 15) is 8.42 Å². The van der Waals surface area contributed by atoms with Gasteiger partial charge in [-0.05, 0) is 43.7 Å². The van der Waals surface area contributed by atoms with E-state index in [1.807, 2.05) is 31.2 Å². The molecule has 4 rings (SSSR count). The van der Waals surface area contributed by atoms with Gasteiger partial charge in [0, 0.05) is 61.0 Å². The molecule has 2 heterocycles. The van der Waals surface area contributed by atoms with Crippen molar-refractivity contribution in [1.82, 2.24) is 9.29 Å². The molecular weight excluding hydrogens is 382 g/mol. The molecule has 0 bridgehead atoms. The van der Waals surface area contributed by atoms with E-state index in [0.717, 1.165) is 47.4 Å². The number of H-pyrrole nitrogens is 1. The monoisotopic (exact) mass is 407 g/mol. The Hall–Kier alpha value is -2.75. The molecule has 1 atom stereocenters. The van der Waals surface area contributed by atoms with Crippen LogP contribution < -0.4 is 4.90 Å². The van der Waals surface area contributed by atoms with Gasteiger partial charge in [-0.1, -0.05) is 24.1 Å². The van der Waals surface area contributed by atoms with Crippen LogP contribution in [0.3, 0.4) is 0 Å². The molecule has 1 N–H and O–H groups in total. The maximum absolute atomic E-state index is 12.7. The predicted molar refractivity (Wildman–Crippen MR) is 118 cm³/mol. The van der Waals surface area contributed by atoms with Gasteiger partial charge in [0.2, 0.25) is 10.0 Å². The number of benzene rings is 2. The van der Waals surface area contributed by atoms with E-state index in [4.69, 9.17) is 0 Å². The topological polar surface area (TPSA) is 56.4 Å². The zero-order valence-electron chi connectivity index (χ0n) is 16.9. The van der Waals surface area contributed by atoms with Crippen LogP contribution in [0, 0.1) is 17.8 Å². The molecular formula is C23H25N3O2S. The fourth-order valence-electron chi connectivity index (χ4n) is 3.90. The van der Waals surface area contributed by atoms with Gasteiger partial charge >= 0.3 is 0 Å². The number of sulfonamides is 1. The Balaban J connectivity index is 1.85. The van der Waals surface area contributed by atoms with Crippen molar-refractivity contribution in [2.24, 2.45) is 5.92 Å². The highest BCUT2D eigenvalue weighted by Gasteiger charge is 2.26. The molecule has 1 fully saturated rings. The molecule has 1 unspecified atom stereocenters. The third-order valence-electron chi connectivity index (χ3n) is 5.44. The van der Waals surface area contributed by atoms with Crippen LogP contribution in [-0.4, -0.2) is 44.9 Å². The Morgan fingerprint density at radius 3 is 2.66 bits per heavy atom. The van der Waals surface area contributed by atoms with Crippen molar-refractivity contribution in [1.29, 1.82) is 0 Å². The van der Waals surface area contributed by atoms with Gasteiger partial charge in [0.05, 0.1) is 4.90 Å². The second kappa shape index (κ2) is 7.58. The molecule has 3 aromatic rings. The van der Waals surface area contributed by atoms with Crippen LogP contribution in [0.4, 0.5) is 5.69 Å². The minimum Gasteiger partial charge on any atom is -0.370 e. The second-order valence-corrected chi connectivity index (χ2v) is 9.71. The molecule has 29 heavy (non-hydrogen) atoms. The van der Waals surface area contributed by atoms with Crippen molar-refractivity contribution in [3.05, 3.63) is 48.5 Å². The van der Waals surface area contributed by atoms with Gasteiger partial charge in [0.15, 0.2) is 0 Å². The molecule has 6 heteroatoms. The molecule has 0 saturated carbocycles. The minimum atomic E-state index is -3.52. The lowest BCUT2D eigenvalue weighted by Crippen LogP contribution is -2.23. The Bertz CT molecular complexity index is 1180. The number of aromatic nitrogens is 1. The van der Waals surface area contributed by atoms with Gasteiger partial charge in [0.1, 0.15) is 0 Å². The lowest BCUT2D eigenvalue weighted by Gasteiger charge is -2.22. The zero-order valence-corrected chi connectivity index (χ0v) is 17.8. The van der Waals surface area contributed by atoms with E-state index in [-0.39, 0.29) is 0 Å². The number of aromatic amines is 1. The van der Waals surface area contributed by atoms with E-state index in [2.05, 4.69) is 33.9 Å².